The molecule has 0 aliphatic carbocycles. The van der Waals surface area contributed by atoms with E-state index in [0.717, 1.165) is 6.20 Å². The Labute approximate surface area is 74.9 Å². The standard InChI is InChI=1S/C6H5BrF3NO/c7-4-2-11-5(12)1-3(4)6(8,9)10/h1-2,5,11-12H. The first-order valence-electron chi connectivity index (χ1n) is 3.00. The van der Waals surface area contributed by atoms with Crippen molar-refractivity contribution in [3.63, 3.8) is 0 Å². The Morgan fingerprint density at radius 3 is 2.50 bits per heavy atom. The second-order valence-corrected chi connectivity index (χ2v) is 3.04. The summed E-state index contributed by atoms with van der Waals surface area (Å²) in [5.74, 6) is 0. The number of hydrogen-bond acceptors (Lipinski definition) is 2. The molecule has 0 saturated heterocycles. The molecule has 1 atom stereocenters. The highest BCUT2D eigenvalue weighted by atomic mass is 79.9. The molecule has 1 unspecified atom stereocenters. The Bertz CT molecular complexity index is 246. The molecule has 0 fully saturated rings. The van der Waals surface area contributed by atoms with E-state index in [1.807, 2.05) is 0 Å². The number of nitrogens with one attached hydrogen (secondary N) is 1. The maximum atomic E-state index is 12.1. The maximum Gasteiger partial charge on any atom is 0.417 e. The van der Waals surface area contributed by atoms with Gasteiger partial charge in [0.05, 0.1) is 5.57 Å². The lowest BCUT2D eigenvalue weighted by Crippen LogP contribution is -2.28. The van der Waals surface area contributed by atoms with Crippen molar-refractivity contribution in [1.82, 2.24) is 5.32 Å². The summed E-state index contributed by atoms with van der Waals surface area (Å²) in [5, 5.41) is 11.1. The van der Waals surface area contributed by atoms with E-state index in [2.05, 4.69) is 21.2 Å². The highest BCUT2D eigenvalue weighted by Crippen LogP contribution is 2.35. The lowest BCUT2D eigenvalue weighted by atomic mass is 10.2. The van der Waals surface area contributed by atoms with E-state index >= 15 is 0 Å². The number of aliphatic hydroxyl groups excluding tert-OH is 1. The molecule has 2 N–H and O–H groups in total. The summed E-state index contributed by atoms with van der Waals surface area (Å²) in [4.78, 5) is 0. The molecule has 68 valence electrons. The van der Waals surface area contributed by atoms with Gasteiger partial charge in [0.25, 0.3) is 0 Å². The van der Waals surface area contributed by atoms with Gasteiger partial charge in [0.2, 0.25) is 0 Å². The molecule has 0 bridgehead atoms. The number of dihydropyridines is 1. The number of halogens is 4. The summed E-state index contributed by atoms with van der Waals surface area (Å²) in [6, 6.07) is 0. The minimum Gasteiger partial charge on any atom is -0.370 e. The first kappa shape index (κ1) is 9.60. The number of allylic oxidation sites excluding steroid dienone is 2. The molecular weight excluding hydrogens is 239 g/mol. The topological polar surface area (TPSA) is 32.3 Å². The fourth-order valence-corrected chi connectivity index (χ4v) is 1.24. The summed E-state index contributed by atoms with van der Waals surface area (Å²) in [5.41, 5.74) is -0.867. The van der Waals surface area contributed by atoms with Crippen LogP contribution in [-0.4, -0.2) is 17.5 Å². The van der Waals surface area contributed by atoms with Crippen LogP contribution >= 0.6 is 15.9 Å². The molecule has 0 spiro atoms. The molecule has 1 aliphatic heterocycles. The van der Waals surface area contributed by atoms with E-state index in [-0.39, 0.29) is 4.48 Å². The second kappa shape index (κ2) is 3.10. The van der Waals surface area contributed by atoms with E-state index in [0.29, 0.717) is 6.08 Å². The number of aliphatic hydroxyl groups is 1. The summed E-state index contributed by atoms with van der Waals surface area (Å²) in [7, 11) is 0. The third kappa shape index (κ3) is 2.01. The predicted octanol–water partition coefficient (Wildman–Crippen LogP) is 1.63. The van der Waals surface area contributed by atoms with Crippen molar-refractivity contribution in [2.24, 2.45) is 0 Å². The fourth-order valence-electron chi connectivity index (χ4n) is 0.752. The van der Waals surface area contributed by atoms with Crippen molar-refractivity contribution >= 4 is 15.9 Å². The first-order valence-corrected chi connectivity index (χ1v) is 3.80. The minimum atomic E-state index is -4.43. The van der Waals surface area contributed by atoms with Crippen molar-refractivity contribution in [3.8, 4) is 0 Å². The van der Waals surface area contributed by atoms with Crippen LogP contribution in [0, 0.1) is 0 Å². The first-order chi connectivity index (χ1) is 5.41. The molecule has 2 nitrogen and oxygen atoms in total. The Kier molecular flexibility index (Phi) is 2.48. The zero-order valence-electron chi connectivity index (χ0n) is 5.69. The molecule has 0 aromatic rings. The Balaban J connectivity index is 2.94. The average molecular weight is 244 g/mol. The monoisotopic (exact) mass is 243 g/mol. The van der Waals surface area contributed by atoms with Gasteiger partial charge in [0.15, 0.2) is 0 Å². The SMILES string of the molecule is OC1C=C(C(F)(F)F)C(Br)=CN1. The van der Waals surface area contributed by atoms with Crippen LogP contribution < -0.4 is 5.32 Å². The van der Waals surface area contributed by atoms with Gasteiger partial charge < -0.3 is 10.4 Å². The summed E-state index contributed by atoms with van der Waals surface area (Å²) < 4.78 is 36.2. The van der Waals surface area contributed by atoms with Crippen molar-refractivity contribution in [2.45, 2.75) is 12.4 Å². The van der Waals surface area contributed by atoms with Gasteiger partial charge in [-0.1, -0.05) is 0 Å². The number of rotatable bonds is 0. The van der Waals surface area contributed by atoms with Gasteiger partial charge in [0, 0.05) is 10.7 Å². The van der Waals surface area contributed by atoms with Gasteiger partial charge in [-0.2, -0.15) is 13.2 Å². The van der Waals surface area contributed by atoms with Crippen molar-refractivity contribution in [3.05, 3.63) is 22.3 Å². The van der Waals surface area contributed by atoms with Gasteiger partial charge >= 0.3 is 6.18 Å². The largest absolute Gasteiger partial charge is 0.417 e. The lowest BCUT2D eigenvalue weighted by molar-refractivity contribution is -0.0898. The van der Waals surface area contributed by atoms with Crippen LogP contribution in [0.25, 0.3) is 0 Å². The molecule has 0 amide bonds. The molecule has 1 heterocycles. The maximum absolute atomic E-state index is 12.1. The molecule has 6 heteroatoms. The Hall–Kier alpha value is -0.490. The zero-order chi connectivity index (χ0) is 9.35. The quantitative estimate of drug-likeness (QED) is 0.678. The van der Waals surface area contributed by atoms with Crippen LogP contribution in [0.15, 0.2) is 22.3 Å². The summed E-state index contributed by atoms with van der Waals surface area (Å²) >= 11 is 2.72. The van der Waals surface area contributed by atoms with Gasteiger partial charge in [0.1, 0.15) is 6.23 Å². The van der Waals surface area contributed by atoms with Gasteiger partial charge in [-0.25, -0.2) is 0 Å². The van der Waals surface area contributed by atoms with Crippen LogP contribution in [0.2, 0.25) is 0 Å². The Morgan fingerprint density at radius 1 is 1.50 bits per heavy atom. The molecule has 0 aromatic heterocycles. The lowest BCUT2D eigenvalue weighted by Gasteiger charge is -2.18. The molecule has 0 aromatic carbocycles. The number of hydrogen-bond donors (Lipinski definition) is 2. The second-order valence-electron chi connectivity index (χ2n) is 2.18. The highest BCUT2D eigenvalue weighted by molar-refractivity contribution is 9.12. The van der Waals surface area contributed by atoms with Crippen LogP contribution in [-0.2, 0) is 0 Å². The molecule has 0 radical (unpaired) electrons. The Morgan fingerprint density at radius 2 is 2.08 bits per heavy atom. The van der Waals surface area contributed by atoms with Crippen LogP contribution in [0.4, 0.5) is 13.2 Å². The van der Waals surface area contributed by atoms with Crippen molar-refractivity contribution in [2.75, 3.05) is 0 Å². The number of alkyl halides is 3. The van der Waals surface area contributed by atoms with Crippen LogP contribution in [0.1, 0.15) is 0 Å². The average Bonchev–Trinajstić information content (AvgIpc) is 1.92. The van der Waals surface area contributed by atoms with Crippen molar-refractivity contribution in [1.29, 1.82) is 0 Å². The van der Waals surface area contributed by atoms with E-state index < -0.39 is 18.0 Å². The van der Waals surface area contributed by atoms with Crippen molar-refractivity contribution < 1.29 is 18.3 Å². The third-order valence-electron chi connectivity index (χ3n) is 1.27. The van der Waals surface area contributed by atoms with E-state index in [1.165, 1.54) is 0 Å². The predicted molar refractivity (Wildman–Crippen MR) is 40.3 cm³/mol. The normalized spacial score (nSPS) is 24.2. The summed E-state index contributed by atoms with van der Waals surface area (Å²) in [6.07, 6.45) is -3.95. The summed E-state index contributed by atoms with van der Waals surface area (Å²) in [6.45, 7) is 0. The molecule has 1 aliphatic rings. The zero-order valence-corrected chi connectivity index (χ0v) is 7.28. The van der Waals surface area contributed by atoms with E-state index in [4.69, 9.17) is 5.11 Å². The van der Waals surface area contributed by atoms with Gasteiger partial charge in [-0.05, 0) is 22.0 Å². The molecule has 1 rings (SSSR count). The van der Waals surface area contributed by atoms with Gasteiger partial charge in [-0.3, -0.25) is 0 Å². The van der Waals surface area contributed by atoms with Crippen LogP contribution in [0.3, 0.4) is 0 Å². The van der Waals surface area contributed by atoms with E-state index in [9.17, 15) is 13.2 Å². The highest BCUT2D eigenvalue weighted by Gasteiger charge is 2.36. The minimum absolute atomic E-state index is 0.111. The molecule has 12 heavy (non-hydrogen) atoms. The van der Waals surface area contributed by atoms with Crippen LogP contribution in [0.5, 0.6) is 0 Å². The smallest absolute Gasteiger partial charge is 0.370 e. The molecule has 0 saturated carbocycles. The fraction of sp³-hybridized carbons (Fsp3) is 0.333. The third-order valence-corrected chi connectivity index (χ3v) is 1.92. The van der Waals surface area contributed by atoms with E-state index in [1.54, 1.807) is 0 Å². The molecular formula is C6H5BrF3NO. The van der Waals surface area contributed by atoms with Gasteiger partial charge in [-0.15, -0.1) is 0 Å².